The van der Waals surface area contributed by atoms with Gasteiger partial charge in [0, 0.05) is 16.1 Å². The highest BCUT2D eigenvalue weighted by Gasteiger charge is 2.15. The van der Waals surface area contributed by atoms with E-state index in [0.717, 1.165) is 10.0 Å². The molecule has 1 N–H and O–H groups in total. The monoisotopic (exact) mass is 359 g/mol. The third-order valence-electron chi connectivity index (χ3n) is 3.11. The van der Waals surface area contributed by atoms with Crippen molar-refractivity contribution in [1.29, 1.82) is 0 Å². The molecule has 0 spiro atoms. The van der Waals surface area contributed by atoms with Crippen LogP contribution in [0.1, 0.15) is 17.2 Å². The molecule has 0 saturated heterocycles. The molecule has 106 valence electrons. The zero-order valence-corrected chi connectivity index (χ0v) is 13.1. The fourth-order valence-corrected chi connectivity index (χ4v) is 2.55. The first-order valence-corrected chi connectivity index (χ1v) is 7.24. The Morgan fingerprint density at radius 1 is 1.15 bits per heavy atom. The lowest BCUT2D eigenvalue weighted by Gasteiger charge is -2.18. The van der Waals surface area contributed by atoms with Gasteiger partial charge in [0.25, 0.3) is 0 Å². The summed E-state index contributed by atoms with van der Waals surface area (Å²) in [4.78, 5) is 0. The fourth-order valence-electron chi connectivity index (χ4n) is 2.05. The minimum Gasteiger partial charge on any atom is -0.313 e. The summed E-state index contributed by atoms with van der Waals surface area (Å²) in [7, 11) is 1.75. The van der Waals surface area contributed by atoms with Gasteiger partial charge in [0.2, 0.25) is 0 Å². The highest BCUT2D eigenvalue weighted by Crippen LogP contribution is 2.25. The maximum absolute atomic E-state index is 13.9. The number of halogens is 4. The van der Waals surface area contributed by atoms with Gasteiger partial charge < -0.3 is 5.32 Å². The Balaban J connectivity index is 2.28. The molecule has 0 aliphatic carbocycles. The van der Waals surface area contributed by atoms with Gasteiger partial charge >= 0.3 is 0 Å². The normalized spacial score (nSPS) is 12.4. The summed E-state index contributed by atoms with van der Waals surface area (Å²) >= 11 is 8.99. The van der Waals surface area contributed by atoms with Crippen molar-refractivity contribution < 1.29 is 8.78 Å². The van der Waals surface area contributed by atoms with Gasteiger partial charge in [0.05, 0.1) is 5.02 Å². The lowest BCUT2D eigenvalue weighted by Crippen LogP contribution is -2.20. The quantitative estimate of drug-likeness (QED) is 0.819. The second-order valence-electron chi connectivity index (χ2n) is 4.46. The van der Waals surface area contributed by atoms with Crippen molar-refractivity contribution >= 4 is 27.5 Å². The predicted molar refractivity (Wildman–Crippen MR) is 81.0 cm³/mol. The molecule has 2 rings (SSSR count). The summed E-state index contributed by atoms with van der Waals surface area (Å²) < 4.78 is 28.1. The maximum Gasteiger partial charge on any atom is 0.142 e. The second-order valence-corrected chi connectivity index (χ2v) is 5.78. The van der Waals surface area contributed by atoms with Gasteiger partial charge in [0.1, 0.15) is 11.6 Å². The minimum absolute atomic E-state index is 0.0865. The molecular formula is C15H13BrClF2N. The average molecular weight is 361 g/mol. The van der Waals surface area contributed by atoms with E-state index in [-0.39, 0.29) is 16.9 Å². The number of likely N-dealkylation sites (N-methyl/N-ethyl adjacent to an activating group) is 1. The molecule has 2 aromatic carbocycles. The van der Waals surface area contributed by atoms with Crippen LogP contribution >= 0.6 is 27.5 Å². The van der Waals surface area contributed by atoms with Gasteiger partial charge in [-0.3, -0.25) is 0 Å². The Morgan fingerprint density at radius 3 is 2.55 bits per heavy atom. The molecule has 20 heavy (non-hydrogen) atoms. The number of hydrogen-bond acceptors (Lipinski definition) is 1. The van der Waals surface area contributed by atoms with Crippen molar-refractivity contribution in [2.24, 2.45) is 0 Å². The zero-order valence-electron chi connectivity index (χ0n) is 10.8. The van der Waals surface area contributed by atoms with Gasteiger partial charge in [0.15, 0.2) is 0 Å². The van der Waals surface area contributed by atoms with E-state index in [2.05, 4.69) is 21.2 Å². The summed E-state index contributed by atoms with van der Waals surface area (Å²) in [5, 5.41) is 3.14. The molecule has 1 nitrogen and oxygen atoms in total. The summed E-state index contributed by atoms with van der Waals surface area (Å²) in [6.45, 7) is 0. The van der Waals surface area contributed by atoms with E-state index in [0.29, 0.717) is 12.0 Å². The minimum atomic E-state index is -0.464. The Labute approximate surface area is 130 Å². The molecule has 0 amide bonds. The molecule has 0 bridgehead atoms. The van der Waals surface area contributed by atoms with Gasteiger partial charge in [-0.15, -0.1) is 0 Å². The molecule has 1 atom stereocenters. The zero-order chi connectivity index (χ0) is 14.7. The number of hydrogen-bond donors (Lipinski definition) is 1. The highest BCUT2D eigenvalue weighted by atomic mass is 79.9. The van der Waals surface area contributed by atoms with Crippen LogP contribution in [0.3, 0.4) is 0 Å². The van der Waals surface area contributed by atoms with Gasteiger partial charge in [-0.25, -0.2) is 8.78 Å². The second kappa shape index (κ2) is 6.66. The van der Waals surface area contributed by atoms with Crippen molar-refractivity contribution in [1.82, 2.24) is 5.32 Å². The molecule has 0 aliphatic heterocycles. The molecule has 0 fully saturated rings. The summed E-state index contributed by atoms with van der Waals surface area (Å²) in [5.74, 6) is -0.754. The van der Waals surface area contributed by atoms with Crippen LogP contribution in [0.25, 0.3) is 0 Å². The van der Waals surface area contributed by atoms with Crippen LogP contribution in [0.4, 0.5) is 8.78 Å². The van der Waals surface area contributed by atoms with Crippen LogP contribution < -0.4 is 5.32 Å². The van der Waals surface area contributed by atoms with Crippen LogP contribution in [0.5, 0.6) is 0 Å². The molecule has 0 saturated carbocycles. The number of nitrogens with one attached hydrogen (secondary N) is 1. The fraction of sp³-hybridized carbons (Fsp3) is 0.200. The van der Waals surface area contributed by atoms with Crippen molar-refractivity contribution in [3.63, 3.8) is 0 Å². The SMILES string of the molecule is CNC(Cc1ccc(Cl)c(F)c1)c1cc(Br)ccc1F. The Bertz CT molecular complexity index is 619. The van der Waals surface area contributed by atoms with E-state index in [9.17, 15) is 8.78 Å². The molecule has 5 heteroatoms. The Hall–Kier alpha value is -0.970. The van der Waals surface area contributed by atoms with E-state index in [1.807, 2.05) is 0 Å². The highest BCUT2D eigenvalue weighted by molar-refractivity contribution is 9.10. The first kappa shape index (κ1) is 15.4. The summed E-state index contributed by atoms with van der Waals surface area (Å²) in [6.07, 6.45) is 0.470. The summed E-state index contributed by atoms with van der Waals surface area (Å²) in [5.41, 5.74) is 1.29. The first-order chi connectivity index (χ1) is 9.51. The smallest absolute Gasteiger partial charge is 0.142 e. The first-order valence-electron chi connectivity index (χ1n) is 6.07. The van der Waals surface area contributed by atoms with E-state index in [1.54, 1.807) is 25.2 Å². The molecule has 2 aromatic rings. The van der Waals surface area contributed by atoms with Crippen LogP contribution in [-0.2, 0) is 6.42 Å². The van der Waals surface area contributed by atoms with E-state index in [4.69, 9.17) is 11.6 Å². The number of rotatable bonds is 4. The number of benzene rings is 2. The van der Waals surface area contributed by atoms with Gasteiger partial charge in [-0.2, -0.15) is 0 Å². The van der Waals surface area contributed by atoms with E-state index in [1.165, 1.54) is 18.2 Å². The molecule has 0 heterocycles. The molecular weight excluding hydrogens is 348 g/mol. The summed E-state index contributed by atoms with van der Waals surface area (Å²) in [6, 6.07) is 9.17. The van der Waals surface area contributed by atoms with Crippen molar-refractivity contribution in [3.8, 4) is 0 Å². The topological polar surface area (TPSA) is 12.0 Å². The Morgan fingerprint density at radius 2 is 1.90 bits per heavy atom. The Kier molecular flexibility index (Phi) is 5.13. The molecule has 0 radical (unpaired) electrons. The largest absolute Gasteiger partial charge is 0.313 e. The van der Waals surface area contributed by atoms with Crippen LogP contribution in [0.15, 0.2) is 40.9 Å². The average Bonchev–Trinajstić information content (AvgIpc) is 2.43. The molecule has 0 aliphatic rings. The van der Waals surface area contributed by atoms with E-state index < -0.39 is 5.82 Å². The predicted octanol–water partition coefficient (Wildman–Crippen LogP) is 4.88. The third kappa shape index (κ3) is 3.57. The lowest BCUT2D eigenvalue weighted by atomic mass is 9.98. The van der Waals surface area contributed by atoms with Crippen LogP contribution in [-0.4, -0.2) is 7.05 Å². The van der Waals surface area contributed by atoms with Crippen LogP contribution in [0.2, 0.25) is 5.02 Å². The lowest BCUT2D eigenvalue weighted by molar-refractivity contribution is 0.532. The van der Waals surface area contributed by atoms with Crippen molar-refractivity contribution in [3.05, 3.63) is 68.7 Å². The molecule has 0 aromatic heterocycles. The third-order valence-corrected chi connectivity index (χ3v) is 3.91. The maximum atomic E-state index is 13.9. The standard InChI is InChI=1S/C15H13BrClF2N/c1-20-15(11-8-10(16)3-5-13(11)18)7-9-2-4-12(17)14(19)6-9/h2-6,8,15,20H,7H2,1H3. The molecule has 1 unspecified atom stereocenters. The van der Waals surface area contributed by atoms with Crippen LogP contribution in [0, 0.1) is 11.6 Å². The van der Waals surface area contributed by atoms with Crippen molar-refractivity contribution in [2.45, 2.75) is 12.5 Å². The van der Waals surface area contributed by atoms with Gasteiger partial charge in [-0.05, 0) is 49.4 Å². The van der Waals surface area contributed by atoms with E-state index >= 15 is 0 Å². The van der Waals surface area contributed by atoms with Gasteiger partial charge in [-0.1, -0.05) is 33.6 Å². The van der Waals surface area contributed by atoms with Crippen molar-refractivity contribution in [2.75, 3.05) is 7.05 Å².